The van der Waals surface area contributed by atoms with E-state index in [0.29, 0.717) is 0 Å². The molecule has 0 bridgehead atoms. The van der Waals surface area contributed by atoms with Gasteiger partial charge in [-0.1, -0.05) is 36.4 Å². The van der Waals surface area contributed by atoms with E-state index in [1.807, 2.05) is 72.5 Å². The van der Waals surface area contributed by atoms with Crippen LogP contribution in [0.2, 0.25) is 0 Å². The van der Waals surface area contributed by atoms with Crippen LogP contribution in [-0.2, 0) is 4.79 Å². The largest absolute Gasteiger partial charge is 0.481 e. The molecule has 0 aliphatic rings. The molecule has 2 rings (SSSR count). The molecule has 0 saturated carbocycles. The fraction of sp³-hybridized carbons (Fsp3) is 0.188. The molecule has 3 nitrogen and oxygen atoms in total. The number of rotatable bonds is 5. The summed E-state index contributed by atoms with van der Waals surface area (Å²) in [6.07, 6.45) is 0.101. The van der Waals surface area contributed by atoms with Crippen LogP contribution in [0, 0.1) is 0 Å². The highest BCUT2D eigenvalue weighted by atomic mass is 16.4. The molecule has 98 valence electrons. The van der Waals surface area contributed by atoms with Crippen molar-refractivity contribution >= 4 is 17.3 Å². The minimum absolute atomic E-state index is 0.101. The Morgan fingerprint density at radius 1 is 1.00 bits per heavy atom. The van der Waals surface area contributed by atoms with Gasteiger partial charge < -0.3 is 10.0 Å². The van der Waals surface area contributed by atoms with Gasteiger partial charge in [-0.15, -0.1) is 0 Å². The molecule has 0 amide bonds. The highest BCUT2D eigenvalue weighted by molar-refractivity contribution is 5.71. The third-order valence-electron chi connectivity index (χ3n) is 2.98. The summed E-state index contributed by atoms with van der Waals surface area (Å²) in [6.45, 7) is 1.92. The predicted octanol–water partition coefficient (Wildman–Crippen LogP) is 3.69. The van der Waals surface area contributed by atoms with Gasteiger partial charge in [-0.3, -0.25) is 4.79 Å². The van der Waals surface area contributed by atoms with Crippen molar-refractivity contribution in [3.8, 4) is 0 Å². The molecule has 0 saturated heterocycles. The van der Waals surface area contributed by atoms with Crippen molar-refractivity contribution in [1.29, 1.82) is 0 Å². The van der Waals surface area contributed by atoms with Crippen LogP contribution in [0.15, 0.2) is 60.7 Å². The van der Waals surface area contributed by atoms with Crippen LogP contribution in [0.25, 0.3) is 0 Å². The number of carbonyl (C=O) groups is 1. The molecule has 0 unspecified atom stereocenters. The van der Waals surface area contributed by atoms with E-state index in [1.165, 1.54) is 0 Å². The van der Waals surface area contributed by atoms with Gasteiger partial charge in [-0.25, -0.2) is 0 Å². The van der Waals surface area contributed by atoms with Gasteiger partial charge >= 0.3 is 5.97 Å². The number of hydrogen-bond acceptors (Lipinski definition) is 2. The van der Waals surface area contributed by atoms with Crippen LogP contribution >= 0.6 is 0 Å². The molecule has 0 radical (unpaired) electrons. The molecule has 0 fully saturated rings. The van der Waals surface area contributed by atoms with Gasteiger partial charge in [0.1, 0.15) is 0 Å². The first-order valence-electron chi connectivity index (χ1n) is 6.29. The maximum atomic E-state index is 11.0. The van der Waals surface area contributed by atoms with Crippen molar-refractivity contribution in [3.05, 3.63) is 60.7 Å². The second-order valence-corrected chi connectivity index (χ2v) is 4.49. The number of benzene rings is 2. The van der Waals surface area contributed by atoms with E-state index in [0.717, 1.165) is 11.4 Å². The lowest BCUT2D eigenvalue weighted by atomic mass is 10.1. The third-order valence-corrected chi connectivity index (χ3v) is 2.98. The quantitative estimate of drug-likeness (QED) is 0.885. The molecule has 2 aromatic rings. The Bertz CT molecular complexity index is 485. The molecule has 3 heteroatoms. The average Bonchev–Trinajstić information content (AvgIpc) is 2.40. The van der Waals surface area contributed by atoms with Crippen molar-refractivity contribution in [2.75, 3.05) is 4.90 Å². The van der Waals surface area contributed by atoms with Crippen molar-refractivity contribution in [3.63, 3.8) is 0 Å². The third kappa shape index (κ3) is 3.35. The van der Waals surface area contributed by atoms with Crippen LogP contribution in [0.4, 0.5) is 11.4 Å². The van der Waals surface area contributed by atoms with Crippen LogP contribution < -0.4 is 4.90 Å². The predicted molar refractivity (Wildman–Crippen MR) is 76.7 cm³/mol. The van der Waals surface area contributed by atoms with E-state index < -0.39 is 5.97 Å². The smallest absolute Gasteiger partial charge is 0.305 e. The Labute approximate surface area is 113 Å². The summed E-state index contributed by atoms with van der Waals surface area (Å²) in [7, 11) is 0. The first-order chi connectivity index (χ1) is 9.18. The summed E-state index contributed by atoms with van der Waals surface area (Å²) >= 11 is 0. The molecule has 19 heavy (non-hydrogen) atoms. The van der Waals surface area contributed by atoms with E-state index in [4.69, 9.17) is 5.11 Å². The number of carboxylic acid groups (broad SMARTS) is 1. The Kier molecular flexibility index (Phi) is 4.18. The summed E-state index contributed by atoms with van der Waals surface area (Å²) in [5.41, 5.74) is 2.00. The molecule has 0 spiro atoms. The van der Waals surface area contributed by atoms with Crippen LogP contribution in [-0.4, -0.2) is 17.1 Å². The van der Waals surface area contributed by atoms with Gasteiger partial charge in [0.15, 0.2) is 0 Å². The zero-order chi connectivity index (χ0) is 13.7. The normalized spacial score (nSPS) is 11.8. The number of carboxylic acids is 1. The van der Waals surface area contributed by atoms with Crippen molar-refractivity contribution in [2.45, 2.75) is 19.4 Å². The number of aliphatic carboxylic acids is 1. The molecular formula is C16H17NO2. The molecule has 1 atom stereocenters. The van der Waals surface area contributed by atoms with E-state index >= 15 is 0 Å². The van der Waals surface area contributed by atoms with E-state index in [2.05, 4.69) is 0 Å². The fourth-order valence-corrected chi connectivity index (χ4v) is 2.18. The van der Waals surface area contributed by atoms with E-state index in [1.54, 1.807) is 0 Å². The number of hydrogen-bond donors (Lipinski definition) is 1. The van der Waals surface area contributed by atoms with E-state index in [9.17, 15) is 4.79 Å². The lowest BCUT2D eigenvalue weighted by Gasteiger charge is -2.30. The summed E-state index contributed by atoms with van der Waals surface area (Å²) < 4.78 is 0. The van der Waals surface area contributed by atoms with Gasteiger partial charge in [0, 0.05) is 17.4 Å². The summed E-state index contributed by atoms with van der Waals surface area (Å²) in [5.74, 6) is -0.788. The topological polar surface area (TPSA) is 40.5 Å². The lowest BCUT2D eigenvalue weighted by Crippen LogP contribution is -2.30. The molecule has 1 N–H and O–H groups in total. The van der Waals surface area contributed by atoms with Gasteiger partial charge in [0.25, 0.3) is 0 Å². The van der Waals surface area contributed by atoms with Crippen molar-refractivity contribution < 1.29 is 9.90 Å². The van der Waals surface area contributed by atoms with Crippen molar-refractivity contribution in [1.82, 2.24) is 0 Å². The highest BCUT2D eigenvalue weighted by Crippen LogP contribution is 2.28. The first kappa shape index (κ1) is 13.1. The Balaban J connectivity index is 2.37. The molecule has 0 aliphatic carbocycles. The second-order valence-electron chi connectivity index (χ2n) is 4.49. The van der Waals surface area contributed by atoms with Gasteiger partial charge in [0.05, 0.1) is 6.42 Å². The minimum Gasteiger partial charge on any atom is -0.481 e. The SMILES string of the molecule is C[C@H](CC(=O)O)N(c1ccccc1)c1ccccc1. The van der Waals surface area contributed by atoms with Gasteiger partial charge in [-0.2, -0.15) is 0 Å². The molecule has 0 aliphatic heterocycles. The number of anilines is 2. The van der Waals surface area contributed by atoms with Crippen LogP contribution in [0.5, 0.6) is 0 Å². The molecule has 0 aromatic heterocycles. The van der Waals surface area contributed by atoms with E-state index in [-0.39, 0.29) is 12.5 Å². The summed E-state index contributed by atoms with van der Waals surface area (Å²) in [6, 6.07) is 19.6. The summed E-state index contributed by atoms with van der Waals surface area (Å²) in [5, 5.41) is 9.00. The first-order valence-corrected chi connectivity index (χ1v) is 6.29. The summed E-state index contributed by atoms with van der Waals surface area (Å²) in [4.78, 5) is 13.0. The maximum Gasteiger partial charge on any atom is 0.305 e. The Hall–Kier alpha value is -2.29. The fourth-order valence-electron chi connectivity index (χ4n) is 2.18. The molecule has 2 aromatic carbocycles. The number of para-hydroxylation sites is 2. The zero-order valence-corrected chi connectivity index (χ0v) is 10.9. The number of nitrogens with zero attached hydrogens (tertiary/aromatic N) is 1. The van der Waals surface area contributed by atoms with Crippen LogP contribution in [0.1, 0.15) is 13.3 Å². The Morgan fingerprint density at radius 3 is 1.79 bits per heavy atom. The van der Waals surface area contributed by atoms with Crippen molar-refractivity contribution in [2.24, 2.45) is 0 Å². The van der Waals surface area contributed by atoms with Gasteiger partial charge in [0.2, 0.25) is 0 Å². The maximum absolute atomic E-state index is 11.0. The minimum atomic E-state index is -0.788. The zero-order valence-electron chi connectivity index (χ0n) is 10.9. The highest BCUT2D eigenvalue weighted by Gasteiger charge is 2.18. The van der Waals surface area contributed by atoms with Crippen LogP contribution in [0.3, 0.4) is 0 Å². The lowest BCUT2D eigenvalue weighted by molar-refractivity contribution is -0.137. The average molecular weight is 255 g/mol. The Morgan fingerprint density at radius 2 is 1.42 bits per heavy atom. The standard InChI is InChI=1S/C16H17NO2/c1-13(12-16(18)19)17(14-8-4-2-5-9-14)15-10-6-3-7-11-15/h2-11,13H,12H2,1H3,(H,18,19)/t13-/m1/s1. The monoisotopic (exact) mass is 255 g/mol. The van der Waals surface area contributed by atoms with Gasteiger partial charge in [-0.05, 0) is 31.2 Å². The molecule has 0 heterocycles. The molecular weight excluding hydrogens is 238 g/mol. The second kappa shape index (κ2) is 6.05.